The highest BCUT2D eigenvalue weighted by molar-refractivity contribution is 7.09. The van der Waals surface area contributed by atoms with Crippen LogP contribution in [0.5, 0.6) is 0 Å². The Morgan fingerprint density at radius 2 is 2.39 bits per heavy atom. The maximum absolute atomic E-state index is 12.4. The molecule has 18 heavy (non-hydrogen) atoms. The topological polar surface area (TPSA) is 58.1 Å². The lowest BCUT2D eigenvalue weighted by Crippen LogP contribution is -2.44. The van der Waals surface area contributed by atoms with Gasteiger partial charge in [-0.3, -0.25) is 4.79 Å². The van der Waals surface area contributed by atoms with Crippen molar-refractivity contribution in [2.75, 3.05) is 13.6 Å². The van der Waals surface area contributed by atoms with Crippen molar-refractivity contribution in [2.45, 2.75) is 39.3 Å². The summed E-state index contributed by atoms with van der Waals surface area (Å²) in [4.78, 5) is 14.3. The van der Waals surface area contributed by atoms with Crippen molar-refractivity contribution in [3.8, 4) is 0 Å². The monoisotopic (exact) mass is 268 g/mol. The number of hydrogen-bond acceptors (Lipinski definition) is 5. The molecular formula is C12H20N4OS. The van der Waals surface area contributed by atoms with Gasteiger partial charge in [0, 0.05) is 6.54 Å². The fourth-order valence-electron chi connectivity index (χ4n) is 2.38. The molecule has 0 spiro atoms. The third-order valence-electron chi connectivity index (χ3n) is 3.42. The van der Waals surface area contributed by atoms with Gasteiger partial charge in [0.05, 0.1) is 12.6 Å². The molecule has 0 saturated carbocycles. The van der Waals surface area contributed by atoms with Gasteiger partial charge in [-0.15, -0.1) is 21.5 Å². The first-order valence-corrected chi connectivity index (χ1v) is 7.11. The van der Waals surface area contributed by atoms with Gasteiger partial charge in [-0.25, -0.2) is 0 Å². The SMILES string of the molecule is CNC1CCC(C)(C)CN(Cc2nncs2)C1=O. The first kappa shape index (κ1) is 13.4. The van der Waals surface area contributed by atoms with Crippen LogP contribution in [0.25, 0.3) is 0 Å². The number of hydrogen-bond donors (Lipinski definition) is 1. The predicted molar refractivity (Wildman–Crippen MR) is 71.2 cm³/mol. The van der Waals surface area contributed by atoms with E-state index in [0.717, 1.165) is 24.4 Å². The van der Waals surface area contributed by atoms with Gasteiger partial charge in [-0.05, 0) is 25.3 Å². The van der Waals surface area contributed by atoms with E-state index in [9.17, 15) is 4.79 Å². The molecule has 1 aliphatic rings. The average Bonchev–Trinajstić information content (AvgIpc) is 2.77. The van der Waals surface area contributed by atoms with E-state index in [-0.39, 0.29) is 17.4 Å². The van der Waals surface area contributed by atoms with E-state index >= 15 is 0 Å². The molecule has 1 aromatic rings. The van der Waals surface area contributed by atoms with E-state index in [1.54, 1.807) is 5.51 Å². The van der Waals surface area contributed by atoms with Crippen molar-refractivity contribution in [1.82, 2.24) is 20.4 Å². The van der Waals surface area contributed by atoms with Crippen LogP contribution in [0, 0.1) is 5.41 Å². The van der Waals surface area contributed by atoms with Crippen LogP contribution in [0.4, 0.5) is 0 Å². The molecule has 1 aliphatic heterocycles. The fraction of sp³-hybridized carbons (Fsp3) is 0.750. The van der Waals surface area contributed by atoms with Gasteiger partial charge in [0.25, 0.3) is 0 Å². The van der Waals surface area contributed by atoms with E-state index in [0.29, 0.717) is 6.54 Å². The number of carbonyl (C=O) groups is 1. The minimum Gasteiger partial charge on any atom is -0.334 e. The van der Waals surface area contributed by atoms with Crippen molar-refractivity contribution in [3.63, 3.8) is 0 Å². The quantitative estimate of drug-likeness (QED) is 0.897. The van der Waals surface area contributed by atoms with Gasteiger partial charge in [-0.1, -0.05) is 13.8 Å². The van der Waals surface area contributed by atoms with Crippen LogP contribution in [0.1, 0.15) is 31.7 Å². The van der Waals surface area contributed by atoms with Crippen LogP contribution in [-0.2, 0) is 11.3 Å². The summed E-state index contributed by atoms with van der Waals surface area (Å²) in [5.74, 6) is 0.179. The number of nitrogens with zero attached hydrogens (tertiary/aromatic N) is 3. The van der Waals surface area contributed by atoms with Gasteiger partial charge in [-0.2, -0.15) is 0 Å². The van der Waals surface area contributed by atoms with Crippen LogP contribution in [0.2, 0.25) is 0 Å². The molecule has 2 rings (SSSR count). The Hall–Kier alpha value is -1.01. The van der Waals surface area contributed by atoms with Crippen LogP contribution in [0.15, 0.2) is 5.51 Å². The Morgan fingerprint density at radius 3 is 3.00 bits per heavy atom. The van der Waals surface area contributed by atoms with Crippen molar-refractivity contribution in [3.05, 3.63) is 10.5 Å². The van der Waals surface area contributed by atoms with Crippen molar-refractivity contribution >= 4 is 17.2 Å². The van der Waals surface area contributed by atoms with Gasteiger partial charge >= 0.3 is 0 Å². The van der Waals surface area contributed by atoms with Crippen LogP contribution < -0.4 is 5.32 Å². The third kappa shape index (κ3) is 3.05. The van der Waals surface area contributed by atoms with Crippen LogP contribution >= 0.6 is 11.3 Å². The lowest BCUT2D eigenvalue weighted by Gasteiger charge is -2.29. The Morgan fingerprint density at radius 1 is 1.61 bits per heavy atom. The van der Waals surface area contributed by atoms with Crippen LogP contribution in [0.3, 0.4) is 0 Å². The molecule has 1 unspecified atom stereocenters. The molecule has 1 fully saturated rings. The second-order valence-corrected chi connectivity index (χ2v) is 6.49. The summed E-state index contributed by atoms with van der Waals surface area (Å²) in [6.07, 6.45) is 1.95. The minimum atomic E-state index is -0.0697. The highest BCUT2D eigenvalue weighted by Gasteiger charge is 2.34. The number of aromatic nitrogens is 2. The summed E-state index contributed by atoms with van der Waals surface area (Å²) >= 11 is 1.50. The second-order valence-electron chi connectivity index (χ2n) is 5.57. The molecule has 1 saturated heterocycles. The number of rotatable bonds is 3. The van der Waals surface area contributed by atoms with E-state index < -0.39 is 0 Å². The molecule has 0 bridgehead atoms. The van der Waals surface area contributed by atoms with Crippen molar-refractivity contribution < 1.29 is 4.79 Å². The summed E-state index contributed by atoms with van der Waals surface area (Å²) in [5.41, 5.74) is 1.87. The summed E-state index contributed by atoms with van der Waals surface area (Å²) in [5, 5.41) is 11.9. The molecule has 1 aromatic heterocycles. The number of nitrogens with one attached hydrogen (secondary N) is 1. The summed E-state index contributed by atoms with van der Waals surface area (Å²) < 4.78 is 0. The summed E-state index contributed by atoms with van der Waals surface area (Å²) in [7, 11) is 1.85. The maximum atomic E-state index is 12.4. The first-order chi connectivity index (χ1) is 8.52. The molecule has 100 valence electrons. The Bertz CT molecular complexity index is 404. The van der Waals surface area contributed by atoms with Gasteiger partial charge in [0.2, 0.25) is 5.91 Å². The van der Waals surface area contributed by atoms with E-state index in [1.165, 1.54) is 11.3 Å². The first-order valence-electron chi connectivity index (χ1n) is 6.23. The number of likely N-dealkylation sites (N-methyl/N-ethyl adjacent to an activating group) is 1. The average molecular weight is 268 g/mol. The Kier molecular flexibility index (Phi) is 3.97. The molecular weight excluding hydrogens is 248 g/mol. The van der Waals surface area contributed by atoms with Crippen molar-refractivity contribution in [1.29, 1.82) is 0 Å². The number of likely N-dealkylation sites (tertiary alicyclic amines) is 1. The van der Waals surface area contributed by atoms with Gasteiger partial charge in [0.15, 0.2) is 0 Å². The van der Waals surface area contributed by atoms with Gasteiger partial charge < -0.3 is 10.2 Å². The largest absolute Gasteiger partial charge is 0.334 e. The summed E-state index contributed by atoms with van der Waals surface area (Å²) in [6, 6.07) is -0.0697. The second kappa shape index (κ2) is 5.32. The number of amides is 1. The van der Waals surface area contributed by atoms with E-state index in [2.05, 4.69) is 29.4 Å². The van der Waals surface area contributed by atoms with Crippen LogP contribution in [-0.4, -0.2) is 40.6 Å². The zero-order valence-electron chi connectivity index (χ0n) is 11.1. The highest BCUT2D eigenvalue weighted by atomic mass is 32.1. The zero-order chi connectivity index (χ0) is 13.2. The highest BCUT2D eigenvalue weighted by Crippen LogP contribution is 2.29. The smallest absolute Gasteiger partial charge is 0.240 e. The minimum absolute atomic E-state index is 0.0697. The Labute approximate surface area is 112 Å². The molecule has 5 nitrogen and oxygen atoms in total. The molecule has 6 heteroatoms. The lowest BCUT2D eigenvalue weighted by atomic mass is 9.87. The molecule has 0 aliphatic carbocycles. The Balaban J connectivity index is 2.15. The molecule has 1 amide bonds. The zero-order valence-corrected chi connectivity index (χ0v) is 12.0. The third-order valence-corrected chi connectivity index (χ3v) is 4.10. The maximum Gasteiger partial charge on any atom is 0.240 e. The molecule has 1 atom stereocenters. The normalized spacial score (nSPS) is 24.1. The van der Waals surface area contributed by atoms with Crippen molar-refractivity contribution in [2.24, 2.45) is 5.41 Å². The summed E-state index contributed by atoms with van der Waals surface area (Å²) in [6.45, 7) is 5.78. The van der Waals surface area contributed by atoms with Gasteiger partial charge in [0.1, 0.15) is 10.5 Å². The molecule has 2 heterocycles. The van der Waals surface area contributed by atoms with E-state index in [1.807, 2.05) is 11.9 Å². The number of carbonyl (C=O) groups excluding carboxylic acids is 1. The lowest BCUT2D eigenvalue weighted by molar-refractivity contribution is -0.134. The van der Waals surface area contributed by atoms with E-state index in [4.69, 9.17) is 0 Å². The fourth-order valence-corrected chi connectivity index (χ4v) is 2.92. The molecule has 0 radical (unpaired) electrons. The standard InChI is InChI=1S/C12H20N4OS/c1-12(2)5-4-9(13-3)11(17)16(7-12)6-10-15-14-8-18-10/h8-9,13H,4-7H2,1-3H3. The molecule has 0 aromatic carbocycles. The predicted octanol–water partition coefficient (Wildman–Crippen LogP) is 1.27. The molecule has 1 N–H and O–H groups in total.